The van der Waals surface area contributed by atoms with Crippen LogP contribution in [-0.4, -0.2) is 35.0 Å². The Morgan fingerprint density at radius 3 is 2.29 bits per heavy atom. The van der Waals surface area contributed by atoms with E-state index >= 15 is 0 Å². The predicted octanol–water partition coefficient (Wildman–Crippen LogP) is 2.60. The molecule has 0 radical (unpaired) electrons. The molecule has 0 aliphatic carbocycles. The first-order valence-electron chi connectivity index (χ1n) is 7.42. The summed E-state index contributed by atoms with van der Waals surface area (Å²) in [5.74, 6) is -0.975. The molecule has 21 heavy (non-hydrogen) atoms. The van der Waals surface area contributed by atoms with Crippen LogP contribution in [-0.2, 0) is 15.0 Å². The second-order valence-electron chi connectivity index (χ2n) is 6.34. The average molecular weight is 289 g/mol. The Kier molecular flexibility index (Phi) is 4.35. The highest BCUT2D eigenvalue weighted by molar-refractivity contribution is 5.88. The molecule has 1 aliphatic heterocycles. The number of nitrogens with zero attached hydrogens (tertiary/aromatic N) is 1. The zero-order valence-corrected chi connectivity index (χ0v) is 12.9. The predicted molar refractivity (Wildman–Crippen MR) is 81.1 cm³/mol. The highest BCUT2D eigenvalue weighted by Crippen LogP contribution is 2.30. The number of benzene rings is 1. The van der Waals surface area contributed by atoms with Crippen LogP contribution in [0.1, 0.15) is 37.8 Å². The van der Waals surface area contributed by atoms with E-state index in [2.05, 4.69) is 0 Å². The van der Waals surface area contributed by atoms with Gasteiger partial charge in [-0.3, -0.25) is 9.59 Å². The van der Waals surface area contributed by atoms with Gasteiger partial charge >= 0.3 is 5.97 Å². The average Bonchev–Trinajstić information content (AvgIpc) is 2.46. The van der Waals surface area contributed by atoms with Crippen LogP contribution in [0.2, 0.25) is 0 Å². The lowest BCUT2D eigenvalue weighted by Crippen LogP contribution is -2.48. The lowest BCUT2D eigenvalue weighted by Gasteiger charge is -2.36. The van der Waals surface area contributed by atoms with Crippen molar-refractivity contribution in [1.29, 1.82) is 0 Å². The first kappa shape index (κ1) is 15.5. The standard InChI is InChI=1S/C17H23NO3/c1-12-6-4-5-7-14(12)17(2,3)16(21)18-10-8-13(9-11-18)15(19)20/h4-7,13H,8-11H2,1-3H3,(H,19,20). The van der Waals surface area contributed by atoms with Crippen molar-refractivity contribution in [1.82, 2.24) is 4.90 Å². The van der Waals surface area contributed by atoms with E-state index in [-0.39, 0.29) is 11.8 Å². The molecule has 1 aromatic carbocycles. The Bertz CT molecular complexity index is 543. The Labute approximate surface area is 125 Å². The van der Waals surface area contributed by atoms with Gasteiger partial charge < -0.3 is 10.0 Å². The fourth-order valence-corrected chi connectivity index (χ4v) is 3.11. The van der Waals surface area contributed by atoms with Crippen molar-refractivity contribution in [3.8, 4) is 0 Å². The van der Waals surface area contributed by atoms with Gasteiger partial charge in [-0.1, -0.05) is 24.3 Å². The molecule has 1 aliphatic rings. The van der Waals surface area contributed by atoms with Crippen LogP contribution < -0.4 is 0 Å². The largest absolute Gasteiger partial charge is 0.481 e. The van der Waals surface area contributed by atoms with E-state index < -0.39 is 11.4 Å². The van der Waals surface area contributed by atoms with Gasteiger partial charge in [-0.2, -0.15) is 0 Å². The van der Waals surface area contributed by atoms with E-state index in [9.17, 15) is 9.59 Å². The van der Waals surface area contributed by atoms with Gasteiger partial charge in [0, 0.05) is 13.1 Å². The minimum Gasteiger partial charge on any atom is -0.481 e. The van der Waals surface area contributed by atoms with Crippen LogP contribution in [0, 0.1) is 12.8 Å². The molecular weight excluding hydrogens is 266 g/mol. The number of piperidine rings is 1. The topological polar surface area (TPSA) is 57.6 Å². The first-order valence-corrected chi connectivity index (χ1v) is 7.42. The van der Waals surface area contributed by atoms with Crippen LogP contribution >= 0.6 is 0 Å². The van der Waals surface area contributed by atoms with Gasteiger partial charge in [0.05, 0.1) is 11.3 Å². The lowest BCUT2D eigenvalue weighted by molar-refractivity contribution is -0.147. The smallest absolute Gasteiger partial charge is 0.306 e. The Balaban J connectivity index is 2.13. The summed E-state index contributed by atoms with van der Waals surface area (Å²) in [5.41, 5.74) is 1.56. The minimum absolute atomic E-state index is 0.0839. The normalized spacial score (nSPS) is 16.8. The van der Waals surface area contributed by atoms with Crippen LogP contribution in [0.4, 0.5) is 0 Å². The SMILES string of the molecule is Cc1ccccc1C(C)(C)C(=O)N1CCC(C(=O)O)CC1. The molecule has 0 atom stereocenters. The number of carboxylic acids is 1. The van der Waals surface area contributed by atoms with Gasteiger partial charge in [0.15, 0.2) is 0 Å². The highest BCUT2D eigenvalue weighted by Gasteiger charge is 2.37. The van der Waals surface area contributed by atoms with Crippen LogP contribution in [0.15, 0.2) is 24.3 Å². The van der Waals surface area contributed by atoms with Crippen LogP contribution in [0.25, 0.3) is 0 Å². The third-order valence-corrected chi connectivity index (χ3v) is 4.48. The van der Waals surface area contributed by atoms with Gasteiger partial charge in [0.25, 0.3) is 0 Å². The zero-order chi connectivity index (χ0) is 15.6. The summed E-state index contributed by atoms with van der Waals surface area (Å²) in [6, 6.07) is 7.93. The van der Waals surface area contributed by atoms with Crippen molar-refractivity contribution in [3.05, 3.63) is 35.4 Å². The van der Waals surface area contributed by atoms with Crippen LogP contribution in [0.3, 0.4) is 0 Å². The third-order valence-electron chi connectivity index (χ3n) is 4.48. The summed E-state index contributed by atoms with van der Waals surface area (Å²) in [4.78, 5) is 25.6. The molecule has 1 fully saturated rings. The van der Waals surface area contributed by atoms with Gasteiger partial charge in [0.2, 0.25) is 5.91 Å². The molecule has 114 valence electrons. The molecule has 1 amide bonds. The molecule has 4 heteroatoms. The molecule has 1 aromatic rings. The molecule has 1 heterocycles. The van der Waals surface area contributed by atoms with Crippen molar-refractivity contribution < 1.29 is 14.7 Å². The van der Waals surface area contributed by atoms with E-state index in [4.69, 9.17) is 5.11 Å². The number of aryl methyl sites for hydroxylation is 1. The monoisotopic (exact) mass is 289 g/mol. The number of hydrogen-bond acceptors (Lipinski definition) is 2. The summed E-state index contributed by atoms with van der Waals surface area (Å²) < 4.78 is 0. The molecule has 4 nitrogen and oxygen atoms in total. The van der Waals surface area contributed by atoms with Gasteiger partial charge in [-0.25, -0.2) is 0 Å². The van der Waals surface area contributed by atoms with Crippen LogP contribution in [0.5, 0.6) is 0 Å². The molecule has 2 rings (SSSR count). The maximum atomic E-state index is 12.8. The first-order chi connectivity index (χ1) is 9.84. The number of hydrogen-bond donors (Lipinski definition) is 1. The Morgan fingerprint density at radius 2 is 1.76 bits per heavy atom. The summed E-state index contributed by atoms with van der Waals surface area (Å²) >= 11 is 0. The maximum Gasteiger partial charge on any atom is 0.306 e. The minimum atomic E-state index is -0.750. The summed E-state index contributed by atoms with van der Waals surface area (Å²) in [7, 11) is 0. The molecule has 0 saturated carbocycles. The number of amides is 1. The van der Waals surface area contributed by atoms with Crippen molar-refractivity contribution in [3.63, 3.8) is 0 Å². The molecule has 1 saturated heterocycles. The molecule has 0 bridgehead atoms. The van der Waals surface area contributed by atoms with E-state index in [1.54, 1.807) is 0 Å². The van der Waals surface area contributed by atoms with Gasteiger partial charge in [-0.15, -0.1) is 0 Å². The summed E-state index contributed by atoms with van der Waals surface area (Å²) in [5, 5.41) is 9.03. The maximum absolute atomic E-state index is 12.8. The quantitative estimate of drug-likeness (QED) is 0.930. The summed E-state index contributed by atoms with van der Waals surface area (Å²) in [6.07, 6.45) is 1.09. The second kappa shape index (κ2) is 5.88. The second-order valence-corrected chi connectivity index (χ2v) is 6.34. The fourth-order valence-electron chi connectivity index (χ4n) is 3.11. The molecule has 0 unspecified atom stereocenters. The molecule has 0 aromatic heterocycles. The molecular formula is C17H23NO3. The summed E-state index contributed by atoms with van der Waals surface area (Å²) in [6.45, 7) is 6.97. The Morgan fingerprint density at radius 1 is 1.19 bits per heavy atom. The number of carbonyl (C=O) groups is 2. The number of likely N-dealkylation sites (tertiary alicyclic amines) is 1. The van der Waals surface area contributed by atoms with E-state index in [1.807, 2.05) is 49.9 Å². The van der Waals surface area contributed by atoms with Gasteiger partial charge in [-0.05, 0) is 44.7 Å². The van der Waals surface area contributed by atoms with Crippen molar-refractivity contribution in [2.75, 3.05) is 13.1 Å². The van der Waals surface area contributed by atoms with E-state index in [1.165, 1.54) is 0 Å². The van der Waals surface area contributed by atoms with Gasteiger partial charge in [0.1, 0.15) is 0 Å². The number of rotatable bonds is 3. The number of aliphatic carboxylic acids is 1. The van der Waals surface area contributed by atoms with Crippen molar-refractivity contribution in [2.24, 2.45) is 5.92 Å². The third kappa shape index (κ3) is 3.09. The van der Waals surface area contributed by atoms with E-state index in [0.29, 0.717) is 25.9 Å². The van der Waals surface area contributed by atoms with E-state index in [0.717, 1.165) is 11.1 Å². The Hall–Kier alpha value is -1.84. The van der Waals surface area contributed by atoms with Crippen molar-refractivity contribution in [2.45, 2.75) is 39.0 Å². The number of carboxylic acid groups (broad SMARTS) is 1. The van der Waals surface area contributed by atoms with Crippen molar-refractivity contribution >= 4 is 11.9 Å². The fraction of sp³-hybridized carbons (Fsp3) is 0.529. The molecule has 1 N–H and O–H groups in total. The highest BCUT2D eigenvalue weighted by atomic mass is 16.4. The number of carbonyl (C=O) groups excluding carboxylic acids is 1. The lowest BCUT2D eigenvalue weighted by atomic mass is 9.80. The zero-order valence-electron chi connectivity index (χ0n) is 12.9. The molecule has 0 spiro atoms.